The maximum Gasteiger partial charge on any atom is 0.338 e. The molecule has 5 rings (SSSR count). The van der Waals surface area contributed by atoms with Gasteiger partial charge in [-0.25, -0.2) is 9.79 Å². The Morgan fingerprint density at radius 3 is 2.65 bits per heavy atom. The van der Waals surface area contributed by atoms with Gasteiger partial charge in [-0.05, 0) is 65.7 Å². The van der Waals surface area contributed by atoms with Crippen LogP contribution in [-0.2, 0) is 9.53 Å². The van der Waals surface area contributed by atoms with Gasteiger partial charge in [0.15, 0.2) is 4.80 Å². The molecule has 2 aromatic carbocycles. The summed E-state index contributed by atoms with van der Waals surface area (Å²) in [6, 6.07) is 12.4. The molecule has 4 aromatic rings. The summed E-state index contributed by atoms with van der Waals surface area (Å²) in [6.45, 7) is 3.89. The van der Waals surface area contributed by atoms with E-state index in [1.165, 1.54) is 35.1 Å². The van der Waals surface area contributed by atoms with E-state index in [2.05, 4.69) is 31.9 Å². The standard InChI is InChI=1S/C30H25Br2N3O7S/c1-4-6-22-26(29(37)41-5-2)27(20-13-16(31)7-11-23(20)40-3)34-28(36)25(43-30(34)33-22)15-18-9-12-24(42-18)19-10-8-17(35(38)39)14-21(19)32/h7-15,27H,4-6H2,1-3H3/b25-15+/t27-/m0/s1. The minimum Gasteiger partial charge on any atom is -0.496 e. The zero-order chi connectivity index (χ0) is 30.8. The number of nitro benzene ring substituents is 1. The number of hydrogen-bond acceptors (Lipinski definition) is 9. The number of methoxy groups -OCH3 is 1. The lowest BCUT2D eigenvalue weighted by Crippen LogP contribution is -2.40. The van der Waals surface area contributed by atoms with Gasteiger partial charge in [-0.2, -0.15) is 0 Å². The van der Waals surface area contributed by atoms with E-state index in [4.69, 9.17) is 18.9 Å². The topological polar surface area (TPSA) is 126 Å². The monoisotopic (exact) mass is 729 g/mol. The number of thiazole rings is 1. The van der Waals surface area contributed by atoms with Crippen LogP contribution >= 0.6 is 43.2 Å². The third-order valence-electron chi connectivity index (χ3n) is 6.71. The number of ether oxygens (including phenoxy) is 2. The van der Waals surface area contributed by atoms with E-state index < -0.39 is 16.9 Å². The molecule has 0 saturated heterocycles. The molecule has 43 heavy (non-hydrogen) atoms. The molecule has 0 N–H and O–H groups in total. The predicted molar refractivity (Wildman–Crippen MR) is 169 cm³/mol. The maximum atomic E-state index is 14.1. The Labute approximate surface area is 266 Å². The molecule has 0 amide bonds. The molecule has 0 unspecified atom stereocenters. The van der Waals surface area contributed by atoms with Crippen molar-refractivity contribution in [2.75, 3.05) is 13.7 Å². The van der Waals surface area contributed by atoms with Gasteiger partial charge in [0.1, 0.15) is 23.3 Å². The Morgan fingerprint density at radius 1 is 1.19 bits per heavy atom. The highest BCUT2D eigenvalue weighted by Crippen LogP contribution is 2.38. The van der Waals surface area contributed by atoms with Crippen molar-refractivity contribution in [2.45, 2.75) is 32.7 Å². The molecule has 1 aliphatic heterocycles. The van der Waals surface area contributed by atoms with Gasteiger partial charge in [-0.3, -0.25) is 19.5 Å². The quantitative estimate of drug-likeness (QED) is 0.113. The number of carbonyl (C=O) groups excluding carboxylic acids is 1. The largest absolute Gasteiger partial charge is 0.496 e. The lowest BCUT2D eigenvalue weighted by Gasteiger charge is -2.27. The van der Waals surface area contributed by atoms with Crippen LogP contribution in [0.4, 0.5) is 5.69 Å². The highest BCUT2D eigenvalue weighted by molar-refractivity contribution is 9.10. The van der Waals surface area contributed by atoms with Gasteiger partial charge in [-0.15, -0.1) is 0 Å². The van der Waals surface area contributed by atoms with Crippen molar-refractivity contribution in [1.29, 1.82) is 0 Å². The Balaban J connectivity index is 1.68. The van der Waals surface area contributed by atoms with Crippen LogP contribution in [0.25, 0.3) is 17.4 Å². The molecule has 1 atom stereocenters. The van der Waals surface area contributed by atoms with Crippen molar-refractivity contribution in [3.05, 3.63) is 110 Å². The van der Waals surface area contributed by atoms with Gasteiger partial charge < -0.3 is 13.9 Å². The summed E-state index contributed by atoms with van der Waals surface area (Å²) in [5.74, 6) is 0.833. The molecule has 0 saturated carbocycles. The number of nitrogens with zero attached hydrogens (tertiary/aromatic N) is 3. The number of allylic oxidation sites excluding steroid dienone is 1. The van der Waals surface area contributed by atoms with Crippen LogP contribution < -0.4 is 19.6 Å². The van der Waals surface area contributed by atoms with Crippen molar-refractivity contribution in [3.63, 3.8) is 0 Å². The minimum absolute atomic E-state index is 0.0511. The van der Waals surface area contributed by atoms with Gasteiger partial charge >= 0.3 is 5.97 Å². The van der Waals surface area contributed by atoms with Crippen molar-refractivity contribution >= 4 is 60.9 Å². The van der Waals surface area contributed by atoms with E-state index in [1.54, 1.807) is 37.3 Å². The van der Waals surface area contributed by atoms with Gasteiger partial charge in [0, 0.05) is 38.3 Å². The first-order chi connectivity index (χ1) is 20.7. The smallest absolute Gasteiger partial charge is 0.338 e. The summed E-state index contributed by atoms with van der Waals surface area (Å²) in [6.07, 6.45) is 2.86. The van der Waals surface area contributed by atoms with Crippen molar-refractivity contribution < 1.29 is 23.6 Å². The second kappa shape index (κ2) is 12.8. The van der Waals surface area contributed by atoms with Crippen LogP contribution in [0.15, 0.2) is 83.0 Å². The van der Waals surface area contributed by atoms with Crippen LogP contribution in [0.3, 0.4) is 0 Å². The van der Waals surface area contributed by atoms with E-state index in [1.807, 2.05) is 19.1 Å². The average molecular weight is 731 g/mol. The highest BCUT2D eigenvalue weighted by Gasteiger charge is 2.36. The number of fused-ring (bicyclic) bond motifs is 1. The molecule has 1 aliphatic rings. The fourth-order valence-corrected chi connectivity index (χ4v) is 6.80. The van der Waals surface area contributed by atoms with Crippen LogP contribution in [0, 0.1) is 10.1 Å². The Hall–Kier alpha value is -3.81. The lowest BCUT2D eigenvalue weighted by molar-refractivity contribution is -0.384. The molecule has 10 nitrogen and oxygen atoms in total. The summed E-state index contributed by atoms with van der Waals surface area (Å²) in [5, 5.41) is 11.1. The maximum absolute atomic E-state index is 14.1. The highest BCUT2D eigenvalue weighted by atomic mass is 79.9. The Kier molecular flexibility index (Phi) is 9.13. The number of hydrogen-bond donors (Lipinski definition) is 0. The zero-order valence-electron chi connectivity index (χ0n) is 23.3. The second-order valence-electron chi connectivity index (χ2n) is 9.42. The number of aromatic nitrogens is 1. The molecule has 3 heterocycles. The number of esters is 1. The fourth-order valence-electron chi connectivity index (χ4n) is 4.86. The first-order valence-electron chi connectivity index (χ1n) is 13.3. The molecule has 13 heteroatoms. The number of nitro groups is 1. The third-order valence-corrected chi connectivity index (χ3v) is 8.84. The number of furan rings is 1. The Morgan fingerprint density at radius 2 is 1.98 bits per heavy atom. The van der Waals surface area contributed by atoms with Gasteiger partial charge in [-0.1, -0.05) is 40.6 Å². The van der Waals surface area contributed by atoms with Crippen LogP contribution in [0.1, 0.15) is 44.1 Å². The predicted octanol–water partition coefficient (Wildman–Crippen LogP) is 6.28. The summed E-state index contributed by atoms with van der Waals surface area (Å²) in [4.78, 5) is 43.3. The third kappa shape index (κ3) is 6.01. The van der Waals surface area contributed by atoms with E-state index in [0.717, 1.165) is 10.9 Å². The molecular weight excluding hydrogens is 706 g/mol. The number of non-ortho nitro benzene ring substituents is 1. The molecule has 0 bridgehead atoms. The van der Waals surface area contributed by atoms with Crippen molar-refractivity contribution in [3.8, 4) is 17.1 Å². The minimum atomic E-state index is -0.838. The summed E-state index contributed by atoms with van der Waals surface area (Å²) < 4.78 is 20.3. The average Bonchev–Trinajstić information content (AvgIpc) is 3.56. The molecule has 0 radical (unpaired) electrons. The summed E-state index contributed by atoms with van der Waals surface area (Å²) >= 11 is 8.08. The van der Waals surface area contributed by atoms with Crippen LogP contribution in [0.5, 0.6) is 5.75 Å². The van der Waals surface area contributed by atoms with E-state index >= 15 is 0 Å². The van der Waals surface area contributed by atoms with Crippen LogP contribution in [0.2, 0.25) is 0 Å². The van der Waals surface area contributed by atoms with E-state index in [9.17, 15) is 19.7 Å². The fraction of sp³-hybridized carbons (Fsp3) is 0.233. The SMILES string of the molecule is CCCC1=C(C(=O)OCC)[C@H](c2cc(Br)ccc2OC)n2c(s/c(=C/c3ccc(-c4ccc([N+](=O)[O-])cc4Br)o3)c2=O)=N1. The number of rotatable bonds is 9. The molecule has 0 aliphatic carbocycles. The molecule has 222 valence electrons. The number of carbonyl (C=O) groups is 1. The van der Waals surface area contributed by atoms with Crippen molar-refractivity contribution in [1.82, 2.24) is 4.57 Å². The number of benzene rings is 2. The van der Waals surface area contributed by atoms with Crippen LogP contribution in [-0.4, -0.2) is 29.2 Å². The van der Waals surface area contributed by atoms with Gasteiger partial charge in [0.25, 0.3) is 11.2 Å². The van der Waals surface area contributed by atoms with E-state index in [0.29, 0.717) is 59.9 Å². The lowest BCUT2D eigenvalue weighted by atomic mass is 9.93. The first kappa shape index (κ1) is 30.6. The molecular formula is C30H25Br2N3O7S. The van der Waals surface area contributed by atoms with Crippen molar-refractivity contribution in [2.24, 2.45) is 4.99 Å². The number of halogens is 2. The molecule has 0 fully saturated rings. The summed E-state index contributed by atoms with van der Waals surface area (Å²) in [5.41, 5.74) is 1.68. The first-order valence-corrected chi connectivity index (χ1v) is 15.7. The zero-order valence-corrected chi connectivity index (χ0v) is 27.2. The normalized spacial score (nSPS) is 14.8. The molecule has 0 spiro atoms. The van der Waals surface area contributed by atoms with E-state index in [-0.39, 0.29) is 17.9 Å². The second-order valence-corrected chi connectivity index (χ2v) is 12.2. The summed E-state index contributed by atoms with van der Waals surface area (Å²) in [7, 11) is 1.54. The van der Waals surface area contributed by atoms with Gasteiger partial charge in [0.2, 0.25) is 0 Å². The molecule has 2 aromatic heterocycles. The Bertz CT molecular complexity index is 1960. The van der Waals surface area contributed by atoms with Gasteiger partial charge in [0.05, 0.1) is 34.4 Å².